The van der Waals surface area contributed by atoms with Crippen LogP contribution in [0.2, 0.25) is 0 Å². The average Bonchev–Trinajstić information content (AvgIpc) is 3.07. The number of rotatable bonds is 11. The van der Waals surface area contributed by atoms with Crippen LogP contribution < -0.4 is 5.32 Å². The predicted molar refractivity (Wildman–Crippen MR) is 69.5 cm³/mol. The summed E-state index contributed by atoms with van der Waals surface area (Å²) in [5.74, 6) is 0. The molecule has 0 aromatic heterocycles. The lowest BCUT2D eigenvalue weighted by Crippen LogP contribution is -2.35. The largest absolute Gasteiger partial charge is 0.396 e. The van der Waals surface area contributed by atoms with Crippen molar-refractivity contribution in [2.24, 2.45) is 5.41 Å². The predicted octanol–water partition coefficient (Wildman–Crippen LogP) is 0.151. The Hall–Kier alpha value is -0.200. The molecule has 0 aromatic carbocycles. The van der Waals surface area contributed by atoms with Gasteiger partial charge in [0.15, 0.2) is 0 Å². The summed E-state index contributed by atoms with van der Waals surface area (Å²) in [7, 11) is 1.63. The molecule has 1 rings (SSSR count). The molecular formula is C13H27NO4. The number of hydrogen-bond acceptors (Lipinski definition) is 5. The first-order valence-electron chi connectivity index (χ1n) is 6.72. The standard InChI is InChI=1S/C13H27NO4/c1-11(8-17-2)18-9-12(16)7-14-10-13(3-4-13)5-6-15/h11-12,14-16H,3-10H2,1-2H3. The van der Waals surface area contributed by atoms with E-state index in [4.69, 9.17) is 14.6 Å². The van der Waals surface area contributed by atoms with Crippen LogP contribution in [-0.2, 0) is 9.47 Å². The van der Waals surface area contributed by atoms with E-state index in [-0.39, 0.29) is 12.7 Å². The van der Waals surface area contributed by atoms with E-state index < -0.39 is 6.10 Å². The van der Waals surface area contributed by atoms with Crippen LogP contribution in [0.4, 0.5) is 0 Å². The fourth-order valence-corrected chi connectivity index (χ4v) is 2.05. The minimum atomic E-state index is -0.491. The first-order chi connectivity index (χ1) is 8.62. The van der Waals surface area contributed by atoms with Crippen LogP contribution in [0.15, 0.2) is 0 Å². The van der Waals surface area contributed by atoms with Gasteiger partial charge in [-0.15, -0.1) is 0 Å². The number of methoxy groups -OCH3 is 1. The normalized spacial score (nSPS) is 20.7. The van der Waals surface area contributed by atoms with Gasteiger partial charge in [0.05, 0.1) is 25.4 Å². The maximum absolute atomic E-state index is 9.74. The van der Waals surface area contributed by atoms with E-state index in [9.17, 15) is 5.11 Å². The van der Waals surface area contributed by atoms with Crippen LogP contribution in [0.3, 0.4) is 0 Å². The highest BCUT2D eigenvalue weighted by atomic mass is 16.5. The second-order valence-electron chi connectivity index (χ2n) is 5.36. The van der Waals surface area contributed by atoms with Gasteiger partial charge in [-0.2, -0.15) is 0 Å². The number of aliphatic hydroxyl groups excluding tert-OH is 2. The Morgan fingerprint density at radius 2 is 2.06 bits per heavy atom. The molecule has 108 valence electrons. The van der Waals surface area contributed by atoms with Crippen molar-refractivity contribution in [2.75, 3.05) is 40.0 Å². The van der Waals surface area contributed by atoms with Crippen molar-refractivity contribution < 1.29 is 19.7 Å². The van der Waals surface area contributed by atoms with Crippen molar-refractivity contribution in [3.05, 3.63) is 0 Å². The number of nitrogens with one attached hydrogen (secondary N) is 1. The van der Waals surface area contributed by atoms with Gasteiger partial charge in [-0.25, -0.2) is 0 Å². The lowest BCUT2D eigenvalue weighted by atomic mass is 10.0. The lowest BCUT2D eigenvalue weighted by molar-refractivity contribution is -0.0312. The summed E-state index contributed by atoms with van der Waals surface area (Å²) in [5.41, 5.74) is 0.290. The molecule has 0 heterocycles. The minimum absolute atomic E-state index is 0.00816. The van der Waals surface area contributed by atoms with E-state index in [1.165, 1.54) is 12.8 Å². The van der Waals surface area contributed by atoms with Crippen LogP contribution in [0.25, 0.3) is 0 Å². The molecule has 2 atom stereocenters. The van der Waals surface area contributed by atoms with Crippen molar-refractivity contribution in [3.8, 4) is 0 Å². The lowest BCUT2D eigenvalue weighted by Gasteiger charge is -2.18. The number of hydrogen-bond donors (Lipinski definition) is 3. The Morgan fingerprint density at radius 1 is 1.33 bits per heavy atom. The molecule has 0 radical (unpaired) electrons. The van der Waals surface area contributed by atoms with Gasteiger partial charge in [0, 0.05) is 26.8 Å². The van der Waals surface area contributed by atoms with Crippen LogP contribution >= 0.6 is 0 Å². The summed E-state index contributed by atoms with van der Waals surface area (Å²) in [6, 6.07) is 0. The Morgan fingerprint density at radius 3 is 2.61 bits per heavy atom. The maximum Gasteiger partial charge on any atom is 0.0897 e. The molecule has 1 fully saturated rings. The third kappa shape index (κ3) is 6.11. The summed E-state index contributed by atoms with van der Waals surface area (Å²) in [6.45, 7) is 4.45. The van der Waals surface area contributed by atoms with E-state index in [2.05, 4.69) is 5.32 Å². The van der Waals surface area contributed by atoms with Crippen molar-refractivity contribution in [3.63, 3.8) is 0 Å². The number of ether oxygens (including phenoxy) is 2. The molecule has 0 saturated heterocycles. The summed E-state index contributed by atoms with van der Waals surface area (Å²) in [4.78, 5) is 0. The molecule has 3 N–H and O–H groups in total. The van der Waals surface area contributed by atoms with E-state index in [0.29, 0.717) is 25.2 Å². The zero-order valence-electron chi connectivity index (χ0n) is 11.5. The fourth-order valence-electron chi connectivity index (χ4n) is 2.05. The summed E-state index contributed by atoms with van der Waals surface area (Å²) in [6.07, 6.45) is 2.73. The van der Waals surface area contributed by atoms with E-state index in [1.54, 1.807) is 7.11 Å². The molecule has 0 aromatic rings. The van der Waals surface area contributed by atoms with Crippen LogP contribution in [0.5, 0.6) is 0 Å². The topological polar surface area (TPSA) is 71.0 Å². The Kier molecular flexibility index (Phi) is 7.11. The quantitative estimate of drug-likeness (QED) is 0.494. The minimum Gasteiger partial charge on any atom is -0.396 e. The molecule has 5 heteroatoms. The van der Waals surface area contributed by atoms with Gasteiger partial charge in [-0.3, -0.25) is 0 Å². The number of aliphatic hydroxyl groups is 2. The van der Waals surface area contributed by atoms with Gasteiger partial charge < -0.3 is 25.0 Å². The molecular weight excluding hydrogens is 234 g/mol. The second-order valence-corrected chi connectivity index (χ2v) is 5.36. The van der Waals surface area contributed by atoms with Crippen molar-refractivity contribution in [2.45, 2.75) is 38.4 Å². The smallest absolute Gasteiger partial charge is 0.0897 e. The van der Waals surface area contributed by atoms with Gasteiger partial charge in [-0.1, -0.05) is 0 Å². The molecule has 0 spiro atoms. The highest BCUT2D eigenvalue weighted by molar-refractivity contribution is 4.94. The highest BCUT2D eigenvalue weighted by Gasteiger charge is 2.41. The van der Waals surface area contributed by atoms with Crippen LogP contribution in [0, 0.1) is 5.41 Å². The van der Waals surface area contributed by atoms with Crippen molar-refractivity contribution in [1.82, 2.24) is 5.32 Å². The molecule has 0 aliphatic heterocycles. The monoisotopic (exact) mass is 261 g/mol. The molecule has 1 saturated carbocycles. The summed E-state index contributed by atoms with van der Waals surface area (Å²) in [5, 5.41) is 21.9. The van der Waals surface area contributed by atoms with Gasteiger partial charge in [-0.05, 0) is 31.6 Å². The first kappa shape index (κ1) is 15.9. The Bertz CT molecular complexity index is 221. The first-order valence-corrected chi connectivity index (χ1v) is 6.72. The summed E-state index contributed by atoms with van der Waals surface area (Å²) >= 11 is 0. The second kappa shape index (κ2) is 8.07. The van der Waals surface area contributed by atoms with Crippen LogP contribution in [-0.4, -0.2) is 62.4 Å². The van der Waals surface area contributed by atoms with E-state index in [0.717, 1.165) is 13.0 Å². The average molecular weight is 261 g/mol. The third-order valence-electron chi connectivity index (χ3n) is 3.45. The third-order valence-corrected chi connectivity index (χ3v) is 3.45. The Balaban J connectivity index is 2.01. The van der Waals surface area contributed by atoms with Gasteiger partial charge >= 0.3 is 0 Å². The maximum atomic E-state index is 9.74. The van der Waals surface area contributed by atoms with Crippen LogP contribution in [0.1, 0.15) is 26.2 Å². The van der Waals surface area contributed by atoms with E-state index >= 15 is 0 Å². The van der Waals surface area contributed by atoms with Gasteiger partial charge in [0.2, 0.25) is 0 Å². The van der Waals surface area contributed by atoms with Crippen molar-refractivity contribution in [1.29, 1.82) is 0 Å². The molecule has 0 bridgehead atoms. The van der Waals surface area contributed by atoms with Gasteiger partial charge in [0.25, 0.3) is 0 Å². The van der Waals surface area contributed by atoms with Gasteiger partial charge in [0.1, 0.15) is 0 Å². The molecule has 18 heavy (non-hydrogen) atoms. The molecule has 1 aliphatic carbocycles. The zero-order chi connectivity index (χ0) is 13.4. The molecule has 1 aliphatic rings. The highest BCUT2D eigenvalue weighted by Crippen LogP contribution is 2.47. The summed E-state index contributed by atoms with van der Waals surface area (Å²) < 4.78 is 10.4. The molecule has 0 amide bonds. The zero-order valence-corrected chi connectivity index (χ0v) is 11.5. The Labute approximate surface area is 109 Å². The van der Waals surface area contributed by atoms with Crippen molar-refractivity contribution >= 4 is 0 Å². The fraction of sp³-hybridized carbons (Fsp3) is 1.00. The molecule has 5 nitrogen and oxygen atoms in total. The molecule has 2 unspecified atom stereocenters. The SMILES string of the molecule is COCC(C)OCC(O)CNCC1(CCO)CC1. The van der Waals surface area contributed by atoms with E-state index in [1.807, 2.05) is 6.92 Å².